The van der Waals surface area contributed by atoms with Crippen LogP contribution in [0.5, 0.6) is 0 Å². The van der Waals surface area contributed by atoms with Crippen molar-refractivity contribution in [2.24, 2.45) is 0 Å². The molecule has 0 amide bonds. The van der Waals surface area contributed by atoms with Gasteiger partial charge in [-0.1, -0.05) is 6.92 Å². The monoisotopic (exact) mass is 273 g/mol. The molecule has 0 aliphatic carbocycles. The minimum atomic E-state index is -2.87. The molecule has 0 saturated carbocycles. The minimum absolute atomic E-state index is 0.186. The van der Waals surface area contributed by atoms with E-state index in [9.17, 15) is 8.42 Å². The summed E-state index contributed by atoms with van der Waals surface area (Å²) in [4.78, 5) is 0. The summed E-state index contributed by atoms with van der Waals surface area (Å²) in [5.41, 5.74) is 1.14. The van der Waals surface area contributed by atoms with Gasteiger partial charge in [0.2, 0.25) is 0 Å². The fourth-order valence-corrected chi connectivity index (χ4v) is 2.68. The first-order chi connectivity index (χ1) is 8.44. The number of nitrogens with one attached hydrogen (secondary N) is 1. The van der Waals surface area contributed by atoms with Crippen LogP contribution in [0.25, 0.3) is 0 Å². The molecule has 0 saturated heterocycles. The number of rotatable bonds is 8. The van der Waals surface area contributed by atoms with E-state index in [1.807, 2.05) is 13.0 Å². The summed E-state index contributed by atoms with van der Waals surface area (Å²) in [6.07, 6.45) is 5.50. The predicted octanol–water partition coefficient (Wildman–Crippen LogP) is 2.45. The second kappa shape index (κ2) is 6.95. The number of hydrogen-bond acceptors (Lipinski definition) is 4. The Balaban J connectivity index is 2.59. The lowest BCUT2D eigenvalue weighted by Crippen LogP contribution is -2.23. The smallest absolute Gasteiger partial charge is 0.147 e. The molecular formula is C13H23NO3S. The van der Waals surface area contributed by atoms with Crippen molar-refractivity contribution < 1.29 is 12.8 Å². The molecule has 1 heterocycles. The summed E-state index contributed by atoms with van der Waals surface area (Å²) in [7, 11) is -2.87. The second-order valence-electron chi connectivity index (χ2n) is 4.71. The van der Waals surface area contributed by atoms with Crippen molar-refractivity contribution in [3.63, 3.8) is 0 Å². The van der Waals surface area contributed by atoms with E-state index in [1.54, 1.807) is 6.26 Å². The first-order valence-electron chi connectivity index (χ1n) is 6.39. The molecule has 1 unspecified atom stereocenters. The average Bonchev–Trinajstić information content (AvgIpc) is 2.68. The maximum Gasteiger partial charge on any atom is 0.147 e. The van der Waals surface area contributed by atoms with E-state index in [0.717, 1.165) is 30.7 Å². The van der Waals surface area contributed by atoms with Crippen LogP contribution >= 0.6 is 0 Å². The summed E-state index contributed by atoms with van der Waals surface area (Å²) in [5.74, 6) is 1.15. The van der Waals surface area contributed by atoms with Crippen LogP contribution in [0.15, 0.2) is 16.7 Å². The molecule has 0 bridgehead atoms. The van der Waals surface area contributed by atoms with Gasteiger partial charge in [0, 0.05) is 23.6 Å². The summed E-state index contributed by atoms with van der Waals surface area (Å²) in [6, 6.07) is 2.15. The molecule has 5 heteroatoms. The molecule has 4 nitrogen and oxygen atoms in total. The van der Waals surface area contributed by atoms with Crippen LogP contribution in [0.4, 0.5) is 0 Å². The third-order valence-corrected chi connectivity index (χ3v) is 3.95. The van der Waals surface area contributed by atoms with Crippen molar-refractivity contribution in [1.82, 2.24) is 5.32 Å². The third kappa shape index (κ3) is 5.23. The van der Waals surface area contributed by atoms with Crippen LogP contribution in [-0.2, 0) is 9.84 Å². The van der Waals surface area contributed by atoms with Gasteiger partial charge in [0.05, 0.1) is 6.26 Å². The van der Waals surface area contributed by atoms with Gasteiger partial charge in [-0.15, -0.1) is 0 Å². The largest absolute Gasteiger partial charge is 0.469 e. The normalized spacial score (nSPS) is 13.7. The Hall–Kier alpha value is -0.810. The van der Waals surface area contributed by atoms with Crippen molar-refractivity contribution >= 4 is 9.84 Å². The van der Waals surface area contributed by atoms with Crippen molar-refractivity contribution in [3.8, 4) is 0 Å². The van der Waals surface area contributed by atoms with Crippen molar-refractivity contribution in [2.45, 2.75) is 39.2 Å². The molecule has 18 heavy (non-hydrogen) atoms. The molecule has 0 aliphatic rings. The summed E-state index contributed by atoms with van der Waals surface area (Å²) in [6.45, 7) is 4.98. The molecule has 0 fully saturated rings. The third-order valence-electron chi connectivity index (χ3n) is 2.92. The molecule has 1 atom stereocenters. The SMILES string of the molecule is CCCNC(CCCS(C)(=O)=O)c1ccoc1C. The number of hydrogen-bond donors (Lipinski definition) is 1. The van der Waals surface area contributed by atoms with Crippen LogP contribution in [-0.4, -0.2) is 27.0 Å². The van der Waals surface area contributed by atoms with E-state index in [2.05, 4.69) is 12.2 Å². The quantitative estimate of drug-likeness (QED) is 0.790. The van der Waals surface area contributed by atoms with Crippen LogP contribution in [0.3, 0.4) is 0 Å². The topological polar surface area (TPSA) is 59.3 Å². The zero-order valence-electron chi connectivity index (χ0n) is 11.4. The van der Waals surface area contributed by atoms with E-state index in [0.29, 0.717) is 6.42 Å². The fourth-order valence-electron chi connectivity index (χ4n) is 1.99. The lowest BCUT2D eigenvalue weighted by atomic mass is 10.0. The maximum absolute atomic E-state index is 11.1. The fraction of sp³-hybridized carbons (Fsp3) is 0.692. The molecule has 0 radical (unpaired) electrons. The molecule has 0 aromatic carbocycles. The van der Waals surface area contributed by atoms with Gasteiger partial charge in [-0.25, -0.2) is 8.42 Å². The molecule has 1 aromatic heterocycles. The predicted molar refractivity (Wildman–Crippen MR) is 73.4 cm³/mol. The van der Waals surface area contributed by atoms with Gasteiger partial charge < -0.3 is 9.73 Å². The van der Waals surface area contributed by atoms with Gasteiger partial charge in [0.1, 0.15) is 15.6 Å². The van der Waals surface area contributed by atoms with Crippen LogP contribution < -0.4 is 5.32 Å². The average molecular weight is 273 g/mol. The Morgan fingerprint density at radius 3 is 2.67 bits per heavy atom. The zero-order chi connectivity index (χ0) is 13.6. The Morgan fingerprint density at radius 2 is 2.17 bits per heavy atom. The standard InChI is InChI=1S/C13H23NO3S/c1-4-8-14-13(6-5-10-18(3,15)16)12-7-9-17-11(12)2/h7,9,13-14H,4-6,8,10H2,1-3H3. The van der Waals surface area contributed by atoms with Gasteiger partial charge in [-0.3, -0.25) is 0 Å². The highest BCUT2D eigenvalue weighted by molar-refractivity contribution is 7.90. The van der Waals surface area contributed by atoms with E-state index in [-0.39, 0.29) is 11.8 Å². The molecule has 1 rings (SSSR count). The van der Waals surface area contributed by atoms with E-state index in [4.69, 9.17) is 4.42 Å². The van der Waals surface area contributed by atoms with Crippen molar-refractivity contribution in [1.29, 1.82) is 0 Å². The van der Waals surface area contributed by atoms with Gasteiger partial charge in [-0.05, 0) is 38.8 Å². The number of aryl methyl sites for hydroxylation is 1. The van der Waals surface area contributed by atoms with Crippen LogP contribution in [0.1, 0.15) is 43.6 Å². The minimum Gasteiger partial charge on any atom is -0.469 e. The van der Waals surface area contributed by atoms with E-state index in [1.165, 1.54) is 6.26 Å². The summed E-state index contributed by atoms with van der Waals surface area (Å²) >= 11 is 0. The number of sulfone groups is 1. The summed E-state index contributed by atoms with van der Waals surface area (Å²) < 4.78 is 27.6. The highest BCUT2D eigenvalue weighted by atomic mass is 32.2. The molecule has 1 N–H and O–H groups in total. The van der Waals surface area contributed by atoms with Crippen molar-refractivity contribution in [3.05, 3.63) is 23.7 Å². The Bertz CT molecular complexity index is 451. The summed E-state index contributed by atoms with van der Waals surface area (Å²) in [5, 5.41) is 3.44. The highest BCUT2D eigenvalue weighted by Crippen LogP contribution is 2.23. The van der Waals surface area contributed by atoms with E-state index >= 15 is 0 Å². The molecule has 104 valence electrons. The van der Waals surface area contributed by atoms with Gasteiger partial charge in [0.25, 0.3) is 0 Å². The Morgan fingerprint density at radius 1 is 1.44 bits per heavy atom. The second-order valence-corrected chi connectivity index (χ2v) is 6.97. The zero-order valence-corrected chi connectivity index (χ0v) is 12.2. The maximum atomic E-state index is 11.1. The van der Waals surface area contributed by atoms with E-state index < -0.39 is 9.84 Å². The highest BCUT2D eigenvalue weighted by Gasteiger charge is 2.15. The van der Waals surface area contributed by atoms with Crippen LogP contribution in [0.2, 0.25) is 0 Å². The number of furan rings is 1. The molecule has 0 spiro atoms. The van der Waals surface area contributed by atoms with Crippen LogP contribution in [0, 0.1) is 6.92 Å². The molecule has 1 aromatic rings. The Labute approximate surface area is 110 Å². The molecular weight excluding hydrogens is 250 g/mol. The van der Waals surface area contributed by atoms with Gasteiger partial charge >= 0.3 is 0 Å². The molecule has 0 aliphatic heterocycles. The first kappa shape index (κ1) is 15.2. The first-order valence-corrected chi connectivity index (χ1v) is 8.45. The Kier molecular flexibility index (Phi) is 5.88. The van der Waals surface area contributed by atoms with Gasteiger partial charge in [0.15, 0.2) is 0 Å². The lowest BCUT2D eigenvalue weighted by Gasteiger charge is -2.17. The lowest BCUT2D eigenvalue weighted by molar-refractivity contribution is 0.472. The van der Waals surface area contributed by atoms with Gasteiger partial charge in [-0.2, -0.15) is 0 Å². The van der Waals surface area contributed by atoms with Crippen molar-refractivity contribution in [2.75, 3.05) is 18.6 Å².